The first-order valence-corrected chi connectivity index (χ1v) is 9.60. The second-order valence-corrected chi connectivity index (χ2v) is 9.00. The predicted molar refractivity (Wildman–Crippen MR) is 82.1 cm³/mol. The van der Waals surface area contributed by atoms with E-state index in [-0.39, 0.29) is 5.75 Å². The summed E-state index contributed by atoms with van der Waals surface area (Å²) in [5, 5.41) is 3.52. The van der Waals surface area contributed by atoms with Crippen LogP contribution in [-0.2, 0) is 9.84 Å². The molecule has 0 aliphatic heterocycles. The zero-order chi connectivity index (χ0) is 14.5. The summed E-state index contributed by atoms with van der Waals surface area (Å²) in [4.78, 5) is 0. The van der Waals surface area contributed by atoms with Crippen LogP contribution in [0.4, 0.5) is 0 Å². The first-order valence-electron chi connectivity index (χ1n) is 7.77. The lowest BCUT2D eigenvalue weighted by Gasteiger charge is -2.35. The van der Waals surface area contributed by atoms with Crippen LogP contribution in [0.3, 0.4) is 0 Å². The molecule has 0 heterocycles. The Labute approximate surface area is 119 Å². The van der Waals surface area contributed by atoms with Gasteiger partial charge in [-0.15, -0.1) is 0 Å². The fourth-order valence-electron chi connectivity index (χ4n) is 3.05. The van der Waals surface area contributed by atoms with Crippen molar-refractivity contribution in [1.82, 2.24) is 5.32 Å². The van der Waals surface area contributed by atoms with Gasteiger partial charge in [0.05, 0.1) is 5.75 Å². The zero-order valence-corrected chi connectivity index (χ0v) is 13.8. The Balaban J connectivity index is 2.52. The van der Waals surface area contributed by atoms with Gasteiger partial charge in [0, 0.05) is 11.8 Å². The van der Waals surface area contributed by atoms with Crippen molar-refractivity contribution in [3.8, 4) is 0 Å². The molecule has 1 fully saturated rings. The highest BCUT2D eigenvalue weighted by Crippen LogP contribution is 2.35. The van der Waals surface area contributed by atoms with Gasteiger partial charge in [-0.1, -0.05) is 34.1 Å². The molecule has 0 amide bonds. The molecule has 1 rings (SSSR count). The summed E-state index contributed by atoms with van der Waals surface area (Å²) in [6.07, 6.45) is 4.59. The molecular formula is C15H31NO2S. The van der Waals surface area contributed by atoms with Crippen molar-refractivity contribution < 1.29 is 8.42 Å². The van der Waals surface area contributed by atoms with Crippen molar-refractivity contribution in [3.05, 3.63) is 0 Å². The van der Waals surface area contributed by atoms with Crippen LogP contribution in [0.2, 0.25) is 0 Å². The van der Waals surface area contributed by atoms with Gasteiger partial charge in [0.2, 0.25) is 0 Å². The first-order chi connectivity index (χ1) is 8.84. The number of hydrogen-bond donors (Lipinski definition) is 1. The Morgan fingerprint density at radius 2 is 1.89 bits per heavy atom. The van der Waals surface area contributed by atoms with E-state index in [0.29, 0.717) is 23.6 Å². The summed E-state index contributed by atoms with van der Waals surface area (Å²) in [5.74, 6) is 2.65. The summed E-state index contributed by atoms with van der Waals surface area (Å²) in [6.45, 7) is 9.43. The molecule has 114 valence electrons. The molecular weight excluding hydrogens is 258 g/mol. The molecule has 0 saturated heterocycles. The molecule has 1 N–H and O–H groups in total. The van der Waals surface area contributed by atoms with E-state index in [1.54, 1.807) is 6.92 Å². The Kier molecular flexibility index (Phi) is 6.81. The Hall–Kier alpha value is -0.0900. The lowest BCUT2D eigenvalue weighted by atomic mass is 9.73. The molecule has 3 nitrogen and oxygen atoms in total. The van der Waals surface area contributed by atoms with Gasteiger partial charge in [-0.05, 0) is 43.6 Å². The van der Waals surface area contributed by atoms with Crippen molar-refractivity contribution in [2.24, 2.45) is 17.8 Å². The van der Waals surface area contributed by atoms with Gasteiger partial charge in [0.1, 0.15) is 9.84 Å². The van der Waals surface area contributed by atoms with Gasteiger partial charge in [-0.3, -0.25) is 0 Å². The Bertz CT molecular complexity index is 351. The Morgan fingerprint density at radius 1 is 1.21 bits per heavy atom. The number of hydrogen-bond acceptors (Lipinski definition) is 3. The first kappa shape index (κ1) is 17.0. The van der Waals surface area contributed by atoms with Crippen LogP contribution < -0.4 is 5.32 Å². The molecule has 4 heteroatoms. The molecule has 0 aromatic carbocycles. The lowest BCUT2D eigenvalue weighted by Crippen LogP contribution is -2.36. The normalized spacial score (nSPS) is 28.8. The summed E-state index contributed by atoms with van der Waals surface area (Å²) in [5.41, 5.74) is 0. The maximum atomic E-state index is 11.7. The minimum absolute atomic E-state index is 0.282. The third kappa shape index (κ3) is 6.26. The monoisotopic (exact) mass is 289 g/mol. The minimum atomic E-state index is -2.81. The molecule has 1 aliphatic rings. The molecule has 0 aromatic heterocycles. The van der Waals surface area contributed by atoms with E-state index in [4.69, 9.17) is 0 Å². The minimum Gasteiger partial charge on any atom is -0.314 e. The molecule has 3 atom stereocenters. The molecule has 0 radical (unpaired) electrons. The fraction of sp³-hybridized carbons (Fsp3) is 1.00. The van der Waals surface area contributed by atoms with Crippen LogP contribution in [0.15, 0.2) is 0 Å². The highest BCUT2D eigenvalue weighted by atomic mass is 32.2. The molecule has 1 aliphatic carbocycles. The van der Waals surface area contributed by atoms with Crippen LogP contribution in [0, 0.1) is 17.8 Å². The van der Waals surface area contributed by atoms with E-state index < -0.39 is 9.84 Å². The van der Waals surface area contributed by atoms with E-state index in [2.05, 4.69) is 26.1 Å². The van der Waals surface area contributed by atoms with Gasteiger partial charge in [0.25, 0.3) is 0 Å². The summed E-state index contributed by atoms with van der Waals surface area (Å²) in [6, 6.07) is 0.513. The van der Waals surface area contributed by atoms with E-state index in [0.717, 1.165) is 18.9 Å². The quantitative estimate of drug-likeness (QED) is 0.784. The van der Waals surface area contributed by atoms with Crippen LogP contribution >= 0.6 is 0 Å². The topological polar surface area (TPSA) is 46.2 Å². The van der Waals surface area contributed by atoms with E-state index in [1.807, 2.05) is 0 Å². The maximum Gasteiger partial charge on any atom is 0.150 e. The van der Waals surface area contributed by atoms with Crippen molar-refractivity contribution >= 4 is 9.84 Å². The third-order valence-electron chi connectivity index (χ3n) is 4.43. The second-order valence-electron chi connectivity index (χ2n) is 6.53. The maximum absolute atomic E-state index is 11.7. The van der Waals surface area contributed by atoms with Crippen molar-refractivity contribution in [1.29, 1.82) is 0 Å². The highest BCUT2D eigenvalue weighted by molar-refractivity contribution is 7.91. The van der Waals surface area contributed by atoms with Crippen molar-refractivity contribution in [2.75, 3.05) is 18.1 Å². The number of nitrogens with one attached hydrogen (secondary N) is 1. The van der Waals surface area contributed by atoms with E-state index in [1.165, 1.54) is 19.3 Å². The molecule has 0 aromatic rings. The SMILES string of the molecule is CCS(=O)(=O)CCC1CC(C)CCC1CNC(C)C. The molecule has 3 unspecified atom stereocenters. The number of rotatable bonds is 7. The molecule has 1 saturated carbocycles. The van der Waals surface area contributed by atoms with Gasteiger partial charge in [0.15, 0.2) is 0 Å². The van der Waals surface area contributed by atoms with Gasteiger partial charge in [-0.25, -0.2) is 8.42 Å². The van der Waals surface area contributed by atoms with Gasteiger partial charge in [-0.2, -0.15) is 0 Å². The molecule has 0 bridgehead atoms. The van der Waals surface area contributed by atoms with Gasteiger partial charge >= 0.3 is 0 Å². The summed E-state index contributed by atoms with van der Waals surface area (Å²) >= 11 is 0. The van der Waals surface area contributed by atoms with Crippen LogP contribution in [0.25, 0.3) is 0 Å². The van der Waals surface area contributed by atoms with Crippen LogP contribution in [0.1, 0.15) is 53.4 Å². The van der Waals surface area contributed by atoms with Crippen LogP contribution in [-0.4, -0.2) is 32.5 Å². The smallest absolute Gasteiger partial charge is 0.150 e. The number of sulfone groups is 1. The van der Waals surface area contributed by atoms with Crippen molar-refractivity contribution in [3.63, 3.8) is 0 Å². The predicted octanol–water partition coefficient (Wildman–Crippen LogP) is 2.86. The van der Waals surface area contributed by atoms with Gasteiger partial charge < -0.3 is 5.32 Å². The second kappa shape index (κ2) is 7.63. The average molecular weight is 289 g/mol. The highest BCUT2D eigenvalue weighted by Gasteiger charge is 2.29. The zero-order valence-electron chi connectivity index (χ0n) is 13.0. The summed E-state index contributed by atoms with van der Waals surface area (Å²) < 4.78 is 23.4. The third-order valence-corrected chi connectivity index (χ3v) is 6.17. The average Bonchev–Trinajstić information content (AvgIpc) is 2.35. The van der Waals surface area contributed by atoms with Crippen molar-refractivity contribution in [2.45, 2.75) is 59.4 Å². The molecule has 19 heavy (non-hydrogen) atoms. The lowest BCUT2D eigenvalue weighted by molar-refractivity contribution is 0.178. The Morgan fingerprint density at radius 3 is 2.47 bits per heavy atom. The van der Waals surface area contributed by atoms with E-state index in [9.17, 15) is 8.42 Å². The van der Waals surface area contributed by atoms with E-state index >= 15 is 0 Å². The molecule has 0 spiro atoms. The van der Waals surface area contributed by atoms with Crippen LogP contribution in [0.5, 0.6) is 0 Å². The summed E-state index contributed by atoms with van der Waals surface area (Å²) in [7, 11) is -2.81. The standard InChI is InChI=1S/C15H31NO2S/c1-5-19(17,18)9-8-14-10-13(4)6-7-15(14)11-16-12(2)3/h12-16H,5-11H2,1-4H3. The largest absolute Gasteiger partial charge is 0.314 e. The fourth-order valence-corrected chi connectivity index (χ4v) is 4.00.